The molecule has 0 bridgehead atoms. The van der Waals surface area contributed by atoms with Gasteiger partial charge in [-0.2, -0.15) is 4.31 Å². The zero-order valence-electron chi connectivity index (χ0n) is 13.5. The van der Waals surface area contributed by atoms with Crippen LogP contribution in [0.2, 0.25) is 0 Å². The number of benzene rings is 1. The number of rotatable bonds is 7. The molecular formula is C15H22N4O2S2. The van der Waals surface area contributed by atoms with Crippen LogP contribution in [0.4, 0.5) is 10.8 Å². The van der Waals surface area contributed by atoms with Crippen molar-refractivity contribution in [1.29, 1.82) is 0 Å². The molecule has 0 atom stereocenters. The first-order valence-corrected chi connectivity index (χ1v) is 9.69. The molecule has 0 aliphatic rings. The quantitative estimate of drug-likeness (QED) is 0.798. The van der Waals surface area contributed by atoms with Crippen LogP contribution in [0.15, 0.2) is 29.3 Å². The summed E-state index contributed by atoms with van der Waals surface area (Å²) in [6.07, 6.45) is 1.72. The number of nitrogen functional groups attached to an aromatic ring is 1. The number of anilines is 2. The summed E-state index contributed by atoms with van der Waals surface area (Å²) in [5, 5.41) is 3.74. The lowest BCUT2D eigenvalue weighted by Crippen LogP contribution is -2.31. The van der Waals surface area contributed by atoms with Crippen molar-refractivity contribution in [2.45, 2.75) is 32.2 Å². The zero-order chi connectivity index (χ0) is 17.0. The zero-order valence-corrected chi connectivity index (χ0v) is 15.2. The summed E-state index contributed by atoms with van der Waals surface area (Å²) in [6.45, 7) is 6.96. The number of nitrogens with two attached hydrogens (primary N) is 1. The minimum Gasteiger partial charge on any atom is -0.380 e. The van der Waals surface area contributed by atoms with Crippen molar-refractivity contribution in [3.63, 3.8) is 0 Å². The third-order valence-electron chi connectivity index (χ3n) is 3.55. The Balaban J connectivity index is 2.25. The van der Waals surface area contributed by atoms with Gasteiger partial charge in [-0.25, -0.2) is 13.4 Å². The third kappa shape index (κ3) is 4.01. The second kappa shape index (κ2) is 7.29. The summed E-state index contributed by atoms with van der Waals surface area (Å²) in [7, 11) is -3.47. The highest BCUT2D eigenvalue weighted by Gasteiger charge is 2.23. The van der Waals surface area contributed by atoms with Crippen LogP contribution in [-0.2, 0) is 16.6 Å². The van der Waals surface area contributed by atoms with Gasteiger partial charge in [-0.15, -0.1) is 11.3 Å². The predicted molar refractivity (Wildman–Crippen MR) is 95.1 cm³/mol. The van der Waals surface area contributed by atoms with E-state index in [4.69, 9.17) is 5.73 Å². The van der Waals surface area contributed by atoms with Gasteiger partial charge in [-0.3, -0.25) is 0 Å². The van der Waals surface area contributed by atoms with E-state index in [-0.39, 0.29) is 0 Å². The maximum absolute atomic E-state index is 12.7. The van der Waals surface area contributed by atoms with Gasteiger partial charge in [-0.1, -0.05) is 19.9 Å². The molecule has 3 N–H and O–H groups in total. The normalized spacial score (nSPS) is 11.8. The fourth-order valence-electron chi connectivity index (χ4n) is 2.28. The van der Waals surface area contributed by atoms with Gasteiger partial charge >= 0.3 is 0 Å². The summed E-state index contributed by atoms with van der Waals surface area (Å²) in [4.78, 5) is 5.34. The van der Waals surface area contributed by atoms with Gasteiger partial charge in [0.25, 0.3) is 0 Å². The van der Waals surface area contributed by atoms with Crippen molar-refractivity contribution < 1.29 is 8.42 Å². The first-order chi connectivity index (χ1) is 10.9. The molecule has 0 aliphatic heterocycles. The molecule has 1 heterocycles. The van der Waals surface area contributed by atoms with Crippen LogP contribution in [0.3, 0.4) is 0 Å². The number of hydrogen-bond acceptors (Lipinski definition) is 6. The Morgan fingerprint density at radius 2 is 2.00 bits per heavy atom. The van der Waals surface area contributed by atoms with E-state index in [1.807, 2.05) is 32.9 Å². The Bertz CT molecular complexity index is 768. The molecule has 1 aromatic carbocycles. The minimum absolute atomic E-state index is 0.343. The van der Waals surface area contributed by atoms with E-state index < -0.39 is 10.0 Å². The number of thiazole rings is 1. The highest BCUT2D eigenvalue weighted by molar-refractivity contribution is 7.89. The summed E-state index contributed by atoms with van der Waals surface area (Å²) >= 11 is 1.41. The first-order valence-electron chi connectivity index (χ1n) is 7.43. The van der Waals surface area contributed by atoms with E-state index in [1.54, 1.807) is 12.3 Å². The van der Waals surface area contributed by atoms with Gasteiger partial charge in [0.1, 0.15) is 0 Å². The van der Waals surface area contributed by atoms with Gasteiger partial charge < -0.3 is 11.1 Å². The Labute approximate surface area is 141 Å². The van der Waals surface area contributed by atoms with E-state index in [0.717, 1.165) is 16.1 Å². The van der Waals surface area contributed by atoms with E-state index in [1.165, 1.54) is 15.6 Å². The number of aryl methyl sites for hydroxylation is 1. The lowest BCUT2D eigenvalue weighted by Gasteiger charge is -2.20. The molecule has 0 fully saturated rings. The Kier molecular flexibility index (Phi) is 5.61. The number of hydrogen-bond donors (Lipinski definition) is 2. The molecule has 0 spiro atoms. The second-order valence-electron chi connectivity index (χ2n) is 5.09. The molecule has 0 aliphatic carbocycles. The molecule has 2 aromatic rings. The maximum atomic E-state index is 12.7. The molecule has 1 aromatic heterocycles. The molecule has 0 amide bonds. The van der Waals surface area contributed by atoms with Gasteiger partial charge in [-0.05, 0) is 24.6 Å². The number of nitrogens with one attached hydrogen (secondary N) is 1. The lowest BCUT2D eigenvalue weighted by molar-refractivity contribution is 0.445. The van der Waals surface area contributed by atoms with Crippen molar-refractivity contribution >= 4 is 32.2 Å². The van der Waals surface area contributed by atoms with Crippen molar-refractivity contribution in [3.05, 3.63) is 34.8 Å². The molecule has 0 unspecified atom stereocenters. The largest absolute Gasteiger partial charge is 0.380 e. The summed E-state index contributed by atoms with van der Waals surface area (Å²) < 4.78 is 26.9. The lowest BCUT2D eigenvalue weighted by atomic mass is 10.2. The highest BCUT2D eigenvalue weighted by atomic mass is 32.2. The van der Waals surface area contributed by atoms with Crippen LogP contribution < -0.4 is 11.1 Å². The van der Waals surface area contributed by atoms with Crippen molar-refractivity contribution in [3.8, 4) is 0 Å². The second-order valence-corrected chi connectivity index (χ2v) is 8.14. The van der Waals surface area contributed by atoms with Crippen molar-refractivity contribution in [2.75, 3.05) is 24.1 Å². The van der Waals surface area contributed by atoms with Crippen LogP contribution in [0.5, 0.6) is 0 Å². The first kappa shape index (κ1) is 17.7. The van der Waals surface area contributed by atoms with Gasteiger partial charge in [0.2, 0.25) is 10.0 Å². The molecule has 0 radical (unpaired) electrons. The average Bonchev–Trinajstić information content (AvgIpc) is 2.93. The van der Waals surface area contributed by atoms with Crippen LogP contribution >= 0.6 is 11.3 Å². The Morgan fingerprint density at radius 1 is 1.30 bits per heavy atom. The number of aromatic nitrogens is 1. The van der Waals surface area contributed by atoms with E-state index >= 15 is 0 Å². The van der Waals surface area contributed by atoms with Crippen molar-refractivity contribution in [2.24, 2.45) is 0 Å². The fourth-order valence-corrected chi connectivity index (χ4v) is 4.62. The molecule has 2 rings (SSSR count). The summed E-state index contributed by atoms with van der Waals surface area (Å²) in [5.74, 6) is 0. The van der Waals surface area contributed by atoms with Crippen LogP contribution in [0.1, 0.15) is 24.3 Å². The molecule has 0 saturated heterocycles. The van der Waals surface area contributed by atoms with E-state index in [0.29, 0.717) is 29.7 Å². The predicted octanol–water partition coefficient (Wildman–Crippen LogP) is 2.68. The number of sulfonamides is 1. The highest BCUT2D eigenvalue weighted by Crippen LogP contribution is 2.24. The third-order valence-corrected chi connectivity index (χ3v) is 6.57. The SMILES string of the molecule is CCN(CC)S(=O)(=O)c1cc(NCc2cnc(N)s2)ccc1C. The van der Waals surface area contributed by atoms with Crippen LogP contribution in [-0.4, -0.2) is 30.8 Å². The standard InChI is InChI=1S/C15H22N4O2S2/c1-4-19(5-2)23(20,21)14-8-12(7-6-11(14)3)17-9-13-10-18-15(16)22-13/h6-8,10,17H,4-5,9H2,1-3H3,(H2,16,18). The number of nitrogens with zero attached hydrogens (tertiary/aromatic N) is 2. The van der Waals surface area contributed by atoms with Gasteiger partial charge in [0, 0.05) is 29.9 Å². The smallest absolute Gasteiger partial charge is 0.243 e. The van der Waals surface area contributed by atoms with Gasteiger partial charge in [0.05, 0.1) is 11.4 Å². The molecular weight excluding hydrogens is 332 g/mol. The topological polar surface area (TPSA) is 88.3 Å². The van der Waals surface area contributed by atoms with Crippen molar-refractivity contribution in [1.82, 2.24) is 9.29 Å². The fraction of sp³-hybridized carbons (Fsp3) is 0.400. The van der Waals surface area contributed by atoms with Gasteiger partial charge in [0.15, 0.2) is 5.13 Å². The summed E-state index contributed by atoms with van der Waals surface area (Å²) in [6, 6.07) is 5.38. The minimum atomic E-state index is -3.47. The maximum Gasteiger partial charge on any atom is 0.243 e. The molecule has 8 heteroatoms. The molecule has 0 saturated carbocycles. The van der Waals surface area contributed by atoms with Crippen LogP contribution in [0, 0.1) is 6.92 Å². The van der Waals surface area contributed by atoms with E-state index in [2.05, 4.69) is 10.3 Å². The van der Waals surface area contributed by atoms with Crippen LogP contribution in [0.25, 0.3) is 0 Å². The Morgan fingerprint density at radius 3 is 2.57 bits per heavy atom. The monoisotopic (exact) mass is 354 g/mol. The average molecular weight is 355 g/mol. The molecule has 6 nitrogen and oxygen atoms in total. The Hall–Kier alpha value is -1.64. The molecule has 23 heavy (non-hydrogen) atoms. The molecule has 126 valence electrons. The van der Waals surface area contributed by atoms with E-state index in [9.17, 15) is 8.42 Å². The summed E-state index contributed by atoms with van der Waals surface area (Å²) in [5.41, 5.74) is 7.11.